The van der Waals surface area contributed by atoms with Gasteiger partial charge >= 0.3 is 5.97 Å². The third-order valence-corrected chi connectivity index (χ3v) is 4.70. The molecule has 0 aliphatic heterocycles. The molecule has 0 saturated carbocycles. The van der Waals surface area contributed by atoms with Crippen molar-refractivity contribution in [3.8, 4) is 17.2 Å². The zero-order valence-corrected chi connectivity index (χ0v) is 17.4. The Labute approximate surface area is 180 Å². The minimum atomic E-state index is -1.01. The van der Waals surface area contributed by atoms with Crippen molar-refractivity contribution in [3.63, 3.8) is 0 Å². The molecule has 0 aliphatic rings. The van der Waals surface area contributed by atoms with Crippen molar-refractivity contribution in [2.75, 3.05) is 19.5 Å². The monoisotopic (exact) mass is 427 g/mol. The first-order valence-corrected chi connectivity index (χ1v) is 9.58. The molecule has 30 heavy (non-hydrogen) atoms. The molecule has 0 heterocycles. The number of ether oxygens (including phenoxy) is 3. The van der Waals surface area contributed by atoms with Crippen LogP contribution in [-0.4, -0.2) is 25.3 Å². The summed E-state index contributed by atoms with van der Waals surface area (Å²) in [5.74, 6) is 0.736. The molecule has 0 amide bonds. The standard InChI is InChI=1S/C23H22ClNO5/c1-28-20-10-9-16(23(26)27)12-19(20)25-13-17-6-4-8-21(29-2)22(17)30-14-15-5-3-7-18(24)11-15/h3-12,25H,13-14H2,1-2H3,(H,26,27). The number of aromatic carboxylic acids is 1. The number of para-hydroxylation sites is 1. The van der Waals surface area contributed by atoms with Crippen LogP contribution in [0.15, 0.2) is 60.7 Å². The molecule has 3 aromatic rings. The third-order valence-electron chi connectivity index (χ3n) is 4.47. The van der Waals surface area contributed by atoms with Crippen LogP contribution in [0.25, 0.3) is 0 Å². The number of methoxy groups -OCH3 is 2. The molecular weight excluding hydrogens is 406 g/mol. The van der Waals surface area contributed by atoms with Crippen LogP contribution in [0.2, 0.25) is 5.02 Å². The second-order valence-electron chi connectivity index (χ2n) is 6.44. The van der Waals surface area contributed by atoms with E-state index in [0.29, 0.717) is 41.1 Å². The van der Waals surface area contributed by atoms with E-state index in [4.69, 9.17) is 25.8 Å². The van der Waals surface area contributed by atoms with Gasteiger partial charge in [-0.25, -0.2) is 4.79 Å². The zero-order chi connectivity index (χ0) is 21.5. The van der Waals surface area contributed by atoms with Gasteiger partial charge in [-0.15, -0.1) is 0 Å². The van der Waals surface area contributed by atoms with Gasteiger partial charge in [-0.1, -0.05) is 35.9 Å². The highest BCUT2D eigenvalue weighted by molar-refractivity contribution is 6.30. The zero-order valence-electron chi connectivity index (χ0n) is 16.6. The Morgan fingerprint density at radius 1 is 1.00 bits per heavy atom. The fourth-order valence-corrected chi connectivity index (χ4v) is 3.19. The smallest absolute Gasteiger partial charge is 0.335 e. The minimum Gasteiger partial charge on any atom is -0.495 e. The summed E-state index contributed by atoms with van der Waals surface area (Å²) < 4.78 is 16.9. The van der Waals surface area contributed by atoms with E-state index in [2.05, 4.69) is 5.32 Å². The lowest BCUT2D eigenvalue weighted by Gasteiger charge is -2.17. The Balaban J connectivity index is 1.82. The highest BCUT2D eigenvalue weighted by Gasteiger charge is 2.13. The Hall–Kier alpha value is -3.38. The molecule has 6 nitrogen and oxygen atoms in total. The summed E-state index contributed by atoms with van der Waals surface area (Å²) in [4.78, 5) is 11.3. The molecule has 3 rings (SSSR count). The van der Waals surface area contributed by atoms with E-state index in [-0.39, 0.29) is 5.56 Å². The first kappa shape index (κ1) is 21.3. The van der Waals surface area contributed by atoms with Crippen molar-refractivity contribution in [2.24, 2.45) is 0 Å². The van der Waals surface area contributed by atoms with Gasteiger partial charge in [0.05, 0.1) is 25.5 Å². The second-order valence-corrected chi connectivity index (χ2v) is 6.88. The van der Waals surface area contributed by atoms with Crippen molar-refractivity contribution >= 4 is 23.3 Å². The Morgan fingerprint density at radius 2 is 1.77 bits per heavy atom. The van der Waals surface area contributed by atoms with Crippen LogP contribution in [0, 0.1) is 0 Å². The van der Waals surface area contributed by atoms with E-state index in [1.807, 2.05) is 42.5 Å². The first-order chi connectivity index (χ1) is 14.5. The van der Waals surface area contributed by atoms with Gasteiger partial charge in [0.15, 0.2) is 11.5 Å². The number of rotatable bonds is 9. The summed E-state index contributed by atoms with van der Waals surface area (Å²) in [6.07, 6.45) is 0. The molecule has 0 saturated heterocycles. The molecule has 0 bridgehead atoms. The highest BCUT2D eigenvalue weighted by atomic mass is 35.5. The minimum absolute atomic E-state index is 0.168. The number of benzene rings is 3. The fraction of sp³-hybridized carbons (Fsp3) is 0.174. The van der Waals surface area contributed by atoms with E-state index >= 15 is 0 Å². The Bertz CT molecular complexity index is 1040. The molecule has 3 aromatic carbocycles. The van der Waals surface area contributed by atoms with E-state index in [1.54, 1.807) is 13.2 Å². The maximum absolute atomic E-state index is 11.3. The number of halogens is 1. The van der Waals surface area contributed by atoms with Gasteiger partial charge in [0.1, 0.15) is 12.4 Å². The summed E-state index contributed by atoms with van der Waals surface area (Å²) in [6.45, 7) is 0.702. The van der Waals surface area contributed by atoms with Crippen molar-refractivity contribution in [1.29, 1.82) is 0 Å². The molecule has 0 spiro atoms. The number of anilines is 1. The van der Waals surface area contributed by atoms with E-state index in [1.165, 1.54) is 19.2 Å². The van der Waals surface area contributed by atoms with Gasteiger partial charge < -0.3 is 24.6 Å². The Morgan fingerprint density at radius 3 is 2.47 bits per heavy atom. The van der Waals surface area contributed by atoms with Gasteiger partial charge in [0, 0.05) is 17.1 Å². The second kappa shape index (κ2) is 9.89. The van der Waals surface area contributed by atoms with E-state index < -0.39 is 5.97 Å². The summed E-state index contributed by atoms with van der Waals surface area (Å²) in [5, 5.41) is 13.1. The van der Waals surface area contributed by atoms with Gasteiger partial charge in [0.25, 0.3) is 0 Å². The number of nitrogens with one attached hydrogen (secondary N) is 1. The lowest BCUT2D eigenvalue weighted by molar-refractivity contribution is 0.0697. The van der Waals surface area contributed by atoms with Crippen molar-refractivity contribution in [2.45, 2.75) is 13.2 Å². The fourth-order valence-electron chi connectivity index (χ4n) is 2.98. The highest BCUT2D eigenvalue weighted by Crippen LogP contribution is 2.33. The normalized spacial score (nSPS) is 10.4. The van der Waals surface area contributed by atoms with Crippen LogP contribution in [0.5, 0.6) is 17.2 Å². The lowest BCUT2D eigenvalue weighted by atomic mass is 10.1. The summed E-state index contributed by atoms with van der Waals surface area (Å²) in [7, 11) is 3.12. The van der Waals surface area contributed by atoms with Crippen LogP contribution in [0.1, 0.15) is 21.5 Å². The molecule has 2 N–H and O–H groups in total. The van der Waals surface area contributed by atoms with Crippen molar-refractivity contribution in [3.05, 3.63) is 82.4 Å². The number of carboxylic acid groups (broad SMARTS) is 1. The molecular formula is C23H22ClNO5. The van der Waals surface area contributed by atoms with E-state index in [0.717, 1.165) is 11.1 Å². The molecule has 0 aliphatic carbocycles. The summed E-state index contributed by atoms with van der Waals surface area (Å²) in [5.41, 5.74) is 2.52. The van der Waals surface area contributed by atoms with Crippen LogP contribution in [0.3, 0.4) is 0 Å². The molecule has 156 valence electrons. The average Bonchev–Trinajstić information content (AvgIpc) is 2.76. The van der Waals surface area contributed by atoms with E-state index in [9.17, 15) is 9.90 Å². The third kappa shape index (κ3) is 5.15. The van der Waals surface area contributed by atoms with Gasteiger partial charge in [-0.2, -0.15) is 0 Å². The SMILES string of the molecule is COc1ccc(C(=O)O)cc1NCc1cccc(OC)c1OCc1cccc(Cl)c1. The molecule has 0 aromatic heterocycles. The average molecular weight is 428 g/mol. The van der Waals surface area contributed by atoms with Crippen LogP contribution in [0.4, 0.5) is 5.69 Å². The van der Waals surface area contributed by atoms with Crippen LogP contribution in [-0.2, 0) is 13.2 Å². The summed E-state index contributed by atoms with van der Waals surface area (Å²) in [6, 6.07) is 17.7. The van der Waals surface area contributed by atoms with Crippen molar-refractivity contribution in [1.82, 2.24) is 0 Å². The number of hydrogen-bond acceptors (Lipinski definition) is 5. The van der Waals surface area contributed by atoms with Crippen LogP contribution >= 0.6 is 11.6 Å². The maximum atomic E-state index is 11.3. The maximum Gasteiger partial charge on any atom is 0.335 e. The summed E-state index contributed by atoms with van der Waals surface area (Å²) >= 11 is 6.05. The van der Waals surface area contributed by atoms with Crippen molar-refractivity contribution < 1.29 is 24.1 Å². The topological polar surface area (TPSA) is 77.0 Å². The van der Waals surface area contributed by atoms with Gasteiger partial charge in [0.2, 0.25) is 0 Å². The first-order valence-electron chi connectivity index (χ1n) is 9.20. The molecule has 0 radical (unpaired) electrons. The van der Waals surface area contributed by atoms with Crippen LogP contribution < -0.4 is 19.5 Å². The largest absolute Gasteiger partial charge is 0.495 e. The van der Waals surface area contributed by atoms with Gasteiger partial charge in [-0.05, 0) is 42.0 Å². The number of carboxylic acids is 1. The number of carbonyl (C=O) groups is 1. The van der Waals surface area contributed by atoms with Gasteiger partial charge in [-0.3, -0.25) is 0 Å². The predicted octanol–water partition coefficient (Wildman–Crippen LogP) is 5.25. The number of hydrogen-bond donors (Lipinski definition) is 2. The quantitative estimate of drug-likeness (QED) is 0.486. The Kier molecular flexibility index (Phi) is 7.03. The molecule has 0 unspecified atom stereocenters. The molecule has 0 atom stereocenters. The lowest BCUT2D eigenvalue weighted by Crippen LogP contribution is -2.07. The molecule has 0 fully saturated rings. The molecule has 7 heteroatoms. The predicted molar refractivity (Wildman–Crippen MR) is 116 cm³/mol.